The highest BCUT2D eigenvalue weighted by molar-refractivity contribution is 8.00. The Kier molecular flexibility index (Phi) is 12.3. The smallest absolute Gasteiger partial charge is 0.410 e. The second-order valence-electron chi connectivity index (χ2n) is 10.00. The lowest BCUT2D eigenvalue weighted by atomic mass is 10.1. The zero-order chi connectivity index (χ0) is 30.0. The summed E-state index contributed by atoms with van der Waals surface area (Å²) in [5.74, 6) is 2.12. The molecule has 0 bridgehead atoms. The zero-order valence-electron chi connectivity index (χ0n) is 24.8. The van der Waals surface area contributed by atoms with Gasteiger partial charge in [-0.25, -0.2) is 9.78 Å². The molecule has 0 spiro atoms. The van der Waals surface area contributed by atoms with Gasteiger partial charge in [-0.3, -0.25) is 4.31 Å². The number of rotatable bonds is 9. The van der Waals surface area contributed by atoms with Crippen LogP contribution in [0.1, 0.15) is 53.0 Å². The number of piperidine rings is 1. The number of carbonyl (C=O) groups is 1. The van der Waals surface area contributed by atoms with Crippen LogP contribution in [0.3, 0.4) is 0 Å². The van der Waals surface area contributed by atoms with Crippen molar-refractivity contribution in [3.63, 3.8) is 0 Å². The second kappa shape index (κ2) is 15.4. The van der Waals surface area contributed by atoms with Crippen molar-refractivity contribution in [1.29, 1.82) is 0 Å². The first-order chi connectivity index (χ1) is 19.6. The third kappa shape index (κ3) is 9.61. The van der Waals surface area contributed by atoms with Gasteiger partial charge in [0.25, 0.3) is 0 Å². The van der Waals surface area contributed by atoms with Gasteiger partial charge >= 0.3 is 6.09 Å². The van der Waals surface area contributed by atoms with Gasteiger partial charge in [-0.15, -0.1) is 11.3 Å². The van der Waals surface area contributed by atoms with Gasteiger partial charge in [0.05, 0.1) is 25.8 Å². The maximum absolute atomic E-state index is 12.3. The number of aromatic nitrogens is 1. The fraction of sp³-hybridized carbons (Fsp3) is 0.467. The molecule has 2 aromatic carbocycles. The van der Waals surface area contributed by atoms with Gasteiger partial charge in [0.2, 0.25) is 0 Å². The Morgan fingerprint density at radius 1 is 1.10 bits per heavy atom. The van der Waals surface area contributed by atoms with Gasteiger partial charge in [-0.05, 0) is 63.1 Å². The second-order valence-corrected chi connectivity index (χ2v) is 12.4. The molecule has 1 aromatic heterocycles. The number of benzene rings is 2. The first-order valence-electron chi connectivity index (χ1n) is 13.6. The molecule has 0 atom stereocenters. The molecular formula is C30H40ClN3O5S2. The summed E-state index contributed by atoms with van der Waals surface area (Å²) in [6.45, 7) is 11.4. The average molecular weight is 622 g/mol. The van der Waals surface area contributed by atoms with Crippen molar-refractivity contribution in [2.45, 2.75) is 70.6 Å². The minimum Gasteiger partial charge on any atom is -0.497 e. The number of ether oxygens (including phenoxy) is 4. The van der Waals surface area contributed by atoms with Gasteiger partial charge in [-0.1, -0.05) is 25.4 Å². The van der Waals surface area contributed by atoms with Crippen LogP contribution < -0.4 is 18.5 Å². The monoisotopic (exact) mass is 621 g/mol. The van der Waals surface area contributed by atoms with Crippen LogP contribution >= 0.6 is 34.9 Å². The lowest BCUT2D eigenvalue weighted by molar-refractivity contribution is 0.0126. The van der Waals surface area contributed by atoms with Crippen LogP contribution in [0.4, 0.5) is 9.93 Å². The number of methoxy groups -OCH3 is 2. The summed E-state index contributed by atoms with van der Waals surface area (Å²) in [6, 6.07) is 11.6. The molecule has 1 aliphatic rings. The van der Waals surface area contributed by atoms with Crippen LogP contribution in [0.15, 0.2) is 52.9 Å². The third-order valence-corrected chi connectivity index (χ3v) is 8.14. The van der Waals surface area contributed by atoms with Gasteiger partial charge in [0, 0.05) is 54.0 Å². The Labute approximate surface area is 257 Å². The van der Waals surface area contributed by atoms with Crippen molar-refractivity contribution in [2.24, 2.45) is 0 Å². The Hall–Kier alpha value is -2.82. The van der Waals surface area contributed by atoms with Crippen LogP contribution in [-0.4, -0.2) is 55.0 Å². The third-order valence-electron chi connectivity index (χ3n) is 5.95. The van der Waals surface area contributed by atoms with Crippen molar-refractivity contribution >= 4 is 46.1 Å². The SMILES string of the molecule is CC.COc1ccc(CN(Sc2ccc(OC3CCN(C(=O)OC(C)(C)C)CC3)c(Cl)c2)c2nccs2)c(OC)c1. The minimum absolute atomic E-state index is 0.0194. The number of thiazole rings is 1. The summed E-state index contributed by atoms with van der Waals surface area (Å²) in [7, 11) is 3.29. The van der Waals surface area contributed by atoms with E-state index in [2.05, 4.69) is 9.29 Å². The quantitative estimate of drug-likeness (QED) is 0.221. The summed E-state index contributed by atoms with van der Waals surface area (Å²) < 4.78 is 24.8. The highest BCUT2D eigenvalue weighted by atomic mass is 35.5. The fourth-order valence-corrected chi connectivity index (χ4v) is 6.00. The summed E-state index contributed by atoms with van der Waals surface area (Å²) in [6.07, 6.45) is 2.92. The predicted octanol–water partition coefficient (Wildman–Crippen LogP) is 8.33. The van der Waals surface area contributed by atoms with Crippen molar-refractivity contribution in [2.75, 3.05) is 31.6 Å². The molecule has 0 N–H and O–H groups in total. The molecule has 1 saturated heterocycles. The van der Waals surface area contributed by atoms with Gasteiger partial charge in [-0.2, -0.15) is 0 Å². The highest BCUT2D eigenvalue weighted by Gasteiger charge is 2.28. The van der Waals surface area contributed by atoms with Crippen LogP contribution in [0.5, 0.6) is 17.2 Å². The van der Waals surface area contributed by atoms with Gasteiger partial charge in [0.15, 0.2) is 5.13 Å². The lowest BCUT2D eigenvalue weighted by Crippen LogP contribution is -2.44. The molecule has 1 aliphatic heterocycles. The van der Waals surface area contributed by atoms with Crippen LogP contribution in [-0.2, 0) is 11.3 Å². The standard InChI is InChI=1S/C28H34ClN3O5S2.C2H6/c1-28(2,3)37-27(33)31-13-10-20(11-14-31)36-24-9-8-22(17-23(24)29)39-32(26-30-12-15-38-26)18-19-6-7-21(34-4)16-25(19)35-5;1-2/h6-9,12,15-17,20H,10-11,13-14,18H2,1-5H3;1-2H3. The molecule has 4 rings (SSSR count). The van der Waals surface area contributed by atoms with E-state index in [9.17, 15) is 4.79 Å². The lowest BCUT2D eigenvalue weighted by Gasteiger charge is -2.33. The maximum atomic E-state index is 12.3. The number of nitrogens with zero attached hydrogens (tertiary/aromatic N) is 3. The molecule has 0 saturated carbocycles. The molecule has 224 valence electrons. The molecule has 1 fully saturated rings. The van der Waals surface area contributed by atoms with Crippen molar-refractivity contribution in [3.8, 4) is 17.2 Å². The van der Waals surface area contributed by atoms with E-state index in [0.29, 0.717) is 43.2 Å². The molecule has 11 heteroatoms. The number of halogens is 1. The van der Waals surface area contributed by atoms with E-state index in [1.165, 1.54) is 0 Å². The molecule has 2 heterocycles. The molecule has 0 radical (unpaired) electrons. The van der Waals surface area contributed by atoms with E-state index in [4.69, 9.17) is 30.5 Å². The molecule has 41 heavy (non-hydrogen) atoms. The largest absolute Gasteiger partial charge is 0.497 e. The molecule has 0 aliphatic carbocycles. The van der Waals surface area contributed by atoms with Crippen molar-refractivity contribution in [1.82, 2.24) is 9.88 Å². The number of hydrogen-bond donors (Lipinski definition) is 0. The molecular weight excluding hydrogens is 582 g/mol. The number of carbonyl (C=O) groups excluding carboxylic acids is 1. The normalized spacial score (nSPS) is 13.6. The number of likely N-dealkylation sites (tertiary alicyclic amines) is 1. The first kappa shape index (κ1) is 32.7. The van der Waals surface area contributed by atoms with E-state index < -0.39 is 5.60 Å². The summed E-state index contributed by atoms with van der Waals surface area (Å²) >= 11 is 9.77. The van der Waals surface area contributed by atoms with Crippen LogP contribution in [0.25, 0.3) is 0 Å². The molecule has 1 amide bonds. The van der Waals surface area contributed by atoms with Gasteiger partial charge < -0.3 is 23.8 Å². The number of amides is 1. The first-order valence-corrected chi connectivity index (χ1v) is 15.7. The fourth-order valence-electron chi connectivity index (χ4n) is 4.04. The van der Waals surface area contributed by atoms with E-state index >= 15 is 0 Å². The zero-order valence-corrected chi connectivity index (χ0v) is 27.2. The van der Waals surface area contributed by atoms with Crippen molar-refractivity contribution in [3.05, 3.63) is 58.6 Å². The van der Waals surface area contributed by atoms with Crippen molar-refractivity contribution < 1.29 is 23.7 Å². The van der Waals surface area contributed by atoms with Crippen LogP contribution in [0.2, 0.25) is 5.02 Å². The van der Waals surface area contributed by atoms with Crippen LogP contribution in [0, 0.1) is 0 Å². The Morgan fingerprint density at radius 3 is 2.41 bits per heavy atom. The predicted molar refractivity (Wildman–Crippen MR) is 168 cm³/mol. The van der Waals surface area contributed by atoms with E-state index in [1.807, 2.05) is 76.4 Å². The van der Waals surface area contributed by atoms with Gasteiger partial charge in [0.1, 0.15) is 29.0 Å². The summed E-state index contributed by atoms with van der Waals surface area (Å²) in [4.78, 5) is 19.5. The van der Waals surface area contributed by atoms with E-state index in [0.717, 1.165) is 27.1 Å². The molecule has 3 aromatic rings. The molecule has 8 nitrogen and oxygen atoms in total. The minimum atomic E-state index is -0.506. The summed E-state index contributed by atoms with van der Waals surface area (Å²) in [5, 5.41) is 3.35. The summed E-state index contributed by atoms with van der Waals surface area (Å²) in [5.41, 5.74) is 0.498. The highest BCUT2D eigenvalue weighted by Crippen LogP contribution is 2.38. The Balaban J connectivity index is 0.00000226. The molecule has 0 unspecified atom stereocenters. The van der Waals surface area contributed by atoms with E-state index in [1.54, 1.807) is 48.6 Å². The topological polar surface area (TPSA) is 73.4 Å². The number of hydrogen-bond acceptors (Lipinski definition) is 9. The average Bonchev–Trinajstić information content (AvgIpc) is 3.50. The maximum Gasteiger partial charge on any atom is 0.410 e. The van der Waals surface area contributed by atoms with E-state index in [-0.39, 0.29) is 12.2 Å². The Morgan fingerprint density at radius 2 is 1.83 bits per heavy atom. The Bertz CT molecular complexity index is 1250. The number of anilines is 1.